The van der Waals surface area contributed by atoms with E-state index in [1.807, 2.05) is 0 Å². The average Bonchev–Trinajstić information content (AvgIpc) is 1.95. The molecule has 0 saturated heterocycles. The summed E-state index contributed by atoms with van der Waals surface area (Å²) in [6.07, 6.45) is 4.68. The van der Waals surface area contributed by atoms with Crippen molar-refractivity contribution in [2.45, 2.75) is 0 Å². The Kier molecular flexibility index (Phi) is 1.83. The summed E-state index contributed by atoms with van der Waals surface area (Å²) in [5, 5.41) is 0. The summed E-state index contributed by atoms with van der Waals surface area (Å²) in [4.78, 5) is 7.74. The smallest absolute Gasteiger partial charge is 0.141 e. The van der Waals surface area contributed by atoms with E-state index in [4.69, 9.17) is 5.73 Å². The molecule has 0 unspecified atom stereocenters. The van der Waals surface area contributed by atoms with Crippen LogP contribution in [0.3, 0.4) is 0 Å². The van der Waals surface area contributed by atoms with Gasteiger partial charge < -0.3 is 5.73 Å². The lowest BCUT2D eigenvalue weighted by Gasteiger charge is -1.89. The zero-order valence-corrected chi connectivity index (χ0v) is 5.41. The number of nitrogens with two attached hydrogens (primary N) is 1. The minimum Gasteiger partial charge on any atom is -0.382 e. The molecule has 10 heavy (non-hydrogen) atoms. The molecule has 0 fully saturated rings. The van der Waals surface area contributed by atoms with Crippen LogP contribution in [0.25, 0.3) is 6.08 Å². The molecule has 3 heteroatoms. The molecule has 0 amide bonds. The zero-order valence-electron chi connectivity index (χ0n) is 5.41. The molecule has 0 bridgehead atoms. The molecule has 0 aliphatic rings. The van der Waals surface area contributed by atoms with E-state index in [1.165, 1.54) is 6.20 Å². The van der Waals surface area contributed by atoms with Gasteiger partial charge in [0, 0.05) is 6.08 Å². The highest BCUT2D eigenvalue weighted by Gasteiger charge is 1.86. The second-order valence-electron chi connectivity index (χ2n) is 1.71. The molecule has 3 nitrogen and oxygen atoms in total. The molecule has 1 rings (SSSR count). The van der Waals surface area contributed by atoms with E-state index in [9.17, 15) is 0 Å². The Hall–Kier alpha value is -1.60. The Morgan fingerprint density at radius 1 is 1.50 bits per heavy atom. The summed E-state index contributed by atoms with van der Waals surface area (Å²) in [7, 11) is 0. The van der Waals surface area contributed by atoms with Gasteiger partial charge in [-0.3, -0.25) is 4.98 Å². The minimum atomic E-state index is 0.418. The molecular formula is C7H7N3. The van der Waals surface area contributed by atoms with Crippen molar-refractivity contribution < 1.29 is 0 Å². The highest BCUT2D eigenvalue weighted by atomic mass is 14.9. The van der Waals surface area contributed by atoms with E-state index in [1.54, 1.807) is 12.3 Å². The number of anilines is 1. The third-order valence-electron chi connectivity index (χ3n) is 0.942. The second-order valence-corrected chi connectivity index (χ2v) is 1.71. The van der Waals surface area contributed by atoms with Crippen molar-refractivity contribution in [3.63, 3.8) is 0 Å². The van der Waals surface area contributed by atoms with Crippen molar-refractivity contribution in [2.24, 2.45) is 0 Å². The number of nitrogens with zero attached hydrogens (tertiary/aromatic N) is 2. The molecule has 1 aromatic heterocycles. The number of aromatic nitrogens is 2. The lowest BCUT2D eigenvalue weighted by Crippen LogP contribution is -1.91. The summed E-state index contributed by atoms with van der Waals surface area (Å²) in [5.74, 6) is 0.418. The van der Waals surface area contributed by atoms with Crippen molar-refractivity contribution in [2.75, 3.05) is 5.73 Å². The van der Waals surface area contributed by atoms with E-state index >= 15 is 0 Å². The number of hydrogen-bond donors (Lipinski definition) is 1. The lowest BCUT2D eigenvalue weighted by molar-refractivity contribution is 1.19. The molecular weight excluding hydrogens is 126 g/mol. The summed E-state index contributed by atoms with van der Waals surface area (Å²) < 4.78 is 0. The van der Waals surface area contributed by atoms with Crippen molar-refractivity contribution in [1.29, 1.82) is 0 Å². The molecule has 50 valence electrons. The summed E-state index contributed by atoms with van der Waals surface area (Å²) >= 11 is 0. The molecule has 0 aromatic carbocycles. The predicted octanol–water partition coefficient (Wildman–Crippen LogP) is 0.857. The van der Waals surface area contributed by atoms with Crippen LogP contribution in [-0.2, 0) is 0 Å². The fraction of sp³-hybridized carbons (Fsp3) is 0. The predicted molar refractivity (Wildman–Crippen MR) is 40.0 cm³/mol. The summed E-state index contributed by atoms with van der Waals surface area (Å²) in [5.41, 5.74) is 8.60. The third-order valence-corrected chi connectivity index (χ3v) is 0.942. The van der Waals surface area contributed by atoms with Gasteiger partial charge in [0.25, 0.3) is 0 Å². The maximum absolute atomic E-state index is 5.30. The second kappa shape index (κ2) is 2.80. The molecule has 0 aliphatic carbocycles. The molecule has 0 aliphatic heterocycles. The van der Waals surface area contributed by atoms with E-state index in [-0.39, 0.29) is 0 Å². The molecule has 0 saturated carbocycles. The van der Waals surface area contributed by atoms with E-state index in [2.05, 4.69) is 22.3 Å². The molecule has 0 radical (unpaired) electrons. The Bertz CT molecular complexity index is 257. The van der Waals surface area contributed by atoms with Crippen LogP contribution in [0.5, 0.6) is 0 Å². The summed E-state index contributed by atoms with van der Waals surface area (Å²) in [6, 6.07) is 0. The maximum Gasteiger partial charge on any atom is 0.141 e. The normalized spacial score (nSPS) is 8.40. The molecule has 2 N–H and O–H groups in total. The van der Waals surface area contributed by atoms with Crippen LogP contribution < -0.4 is 5.73 Å². The van der Waals surface area contributed by atoms with E-state index in [0.29, 0.717) is 11.5 Å². The van der Waals surface area contributed by atoms with Crippen LogP contribution in [0.2, 0.25) is 0 Å². The van der Waals surface area contributed by atoms with Gasteiger partial charge in [-0.2, -0.15) is 0 Å². The van der Waals surface area contributed by atoms with Crippen LogP contribution in [0, 0.1) is 0 Å². The van der Waals surface area contributed by atoms with Gasteiger partial charge in [0.05, 0.1) is 18.1 Å². The first-order valence-electron chi connectivity index (χ1n) is 2.76. The Morgan fingerprint density at radius 2 is 2.30 bits per heavy atom. The third kappa shape index (κ3) is 1.44. The first kappa shape index (κ1) is 6.52. The van der Waals surface area contributed by atoms with Crippen LogP contribution in [0.15, 0.2) is 24.7 Å². The fourth-order valence-electron chi connectivity index (χ4n) is 0.527. The van der Waals surface area contributed by atoms with Gasteiger partial charge in [0.1, 0.15) is 5.82 Å². The monoisotopic (exact) mass is 133 g/mol. The molecule has 1 aromatic rings. The first-order chi connectivity index (χ1) is 4.83. The SMILES string of the molecule is C=C=Cc1cnc(N)cn1. The number of nitrogen functional groups attached to an aromatic ring is 1. The lowest BCUT2D eigenvalue weighted by atomic mass is 10.4. The topological polar surface area (TPSA) is 51.8 Å². The molecule has 0 atom stereocenters. The van der Waals surface area contributed by atoms with Crippen LogP contribution in [-0.4, -0.2) is 9.97 Å². The Balaban J connectivity index is 3.00. The first-order valence-corrected chi connectivity index (χ1v) is 2.76. The Labute approximate surface area is 58.9 Å². The highest BCUT2D eigenvalue weighted by molar-refractivity contribution is 5.42. The summed E-state index contributed by atoms with van der Waals surface area (Å²) in [6.45, 7) is 3.40. The van der Waals surface area contributed by atoms with Gasteiger partial charge in [-0.15, -0.1) is 5.73 Å². The Morgan fingerprint density at radius 3 is 2.80 bits per heavy atom. The van der Waals surface area contributed by atoms with Crippen molar-refractivity contribution in [3.8, 4) is 0 Å². The maximum atomic E-state index is 5.30. The molecule has 1 heterocycles. The van der Waals surface area contributed by atoms with Crippen LogP contribution >= 0.6 is 0 Å². The highest BCUT2D eigenvalue weighted by Crippen LogP contribution is 1.96. The minimum absolute atomic E-state index is 0.418. The van der Waals surface area contributed by atoms with Gasteiger partial charge in [-0.05, 0) is 0 Å². The largest absolute Gasteiger partial charge is 0.382 e. The quantitative estimate of drug-likeness (QED) is 0.578. The van der Waals surface area contributed by atoms with Gasteiger partial charge in [0.2, 0.25) is 0 Å². The standard InChI is InChI=1S/C7H7N3/c1-2-3-6-4-10-7(8)5-9-6/h3-5H,1H2,(H2,8,10). The molecule has 0 spiro atoms. The van der Waals surface area contributed by atoms with Gasteiger partial charge in [-0.25, -0.2) is 4.98 Å². The van der Waals surface area contributed by atoms with Crippen molar-refractivity contribution >= 4 is 11.9 Å². The average molecular weight is 133 g/mol. The van der Waals surface area contributed by atoms with E-state index < -0.39 is 0 Å². The fourth-order valence-corrected chi connectivity index (χ4v) is 0.527. The number of hydrogen-bond acceptors (Lipinski definition) is 3. The van der Waals surface area contributed by atoms with Gasteiger partial charge in [0.15, 0.2) is 0 Å². The van der Waals surface area contributed by atoms with Crippen molar-refractivity contribution in [1.82, 2.24) is 9.97 Å². The van der Waals surface area contributed by atoms with Crippen LogP contribution in [0.1, 0.15) is 5.69 Å². The number of rotatable bonds is 1. The van der Waals surface area contributed by atoms with Crippen molar-refractivity contribution in [3.05, 3.63) is 30.4 Å². The van der Waals surface area contributed by atoms with Gasteiger partial charge >= 0.3 is 0 Å². The zero-order chi connectivity index (χ0) is 7.40. The van der Waals surface area contributed by atoms with Gasteiger partial charge in [-0.1, -0.05) is 6.58 Å². The van der Waals surface area contributed by atoms with Crippen LogP contribution in [0.4, 0.5) is 5.82 Å². The van der Waals surface area contributed by atoms with E-state index in [0.717, 1.165) is 0 Å².